The zero-order valence-corrected chi connectivity index (χ0v) is 14.8. The van der Waals surface area contributed by atoms with Crippen molar-refractivity contribution in [3.8, 4) is 5.75 Å². The van der Waals surface area contributed by atoms with E-state index in [-0.39, 0.29) is 0 Å². The van der Waals surface area contributed by atoms with Gasteiger partial charge in [-0.2, -0.15) is 0 Å². The third-order valence-electron chi connectivity index (χ3n) is 4.33. The Hall–Kier alpha value is -2.74. The summed E-state index contributed by atoms with van der Waals surface area (Å²) in [4.78, 5) is 2.33. The summed E-state index contributed by atoms with van der Waals surface area (Å²) in [7, 11) is 0. The Morgan fingerprint density at radius 2 is 1.40 bits per heavy atom. The molecule has 0 aromatic heterocycles. The smallest absolute Gasteiger partial charge is 0.122 e. The van der Waals surface area contributed by atoms with E-state index in [2.05, 4.69) is 84.6 Å². The lowest BCUT2D eigenvalue weighted by Gasteiger charge is -2.23. The van der Waals surface area contributed by atoms with Gasteiger partial charge < -0.3 is 9.64 Å². The Labute approximate surface area is 150 Å². The van der Waals surface area contributed by atoms with Crippen LogP contribution in [0.4, 0.5) is 5.69 Å². The van der Waals surface area contributed by atoms with Gasteiger partial charge in [0.1, 0.15) is 12.4 Å². The van der Waals surface area contributed by atoms with Crippen molar-refractivity contribution in [3.05, 3.63) is 96.1 Å². The molecule has 128 valence electrons. The number of hydrogen-bond acceptors (Lipinski definition) is 2. The fourth-order valence-corrected chi connectivity index (χ4v) is 2.98. The molecule has 3 rings (SSSR count). The highest BCUT2D eigenvalue weighted by atomic mass is 16.5. The molecule has 0 unspecified atom stereocenters. The summed E-state index contributed by atoms with van der Waals surface area (Å²) >= 11 is 0. The summed E-state index contributed by atoms with van der Waals surface area (Å²) < 4.78 is 6.12. The van der Waals surface area contributed by atoms with Crippen LogP contribution in [-0.2, 0) is 6.42 Å². The van der Waals surface area contributed by atoms with Crippen molar-refractivity contribution >= 4 is 5.69 Å². The topological polar surface area (TPSA) is 12.5 Å². The van der Waals surface area contributed by atoms with Crippen molar-refractivity contribution in [2.75, 3.05) is 24.6 Å². The maximum absolute atomic E-state index is 6.12. The molecule has 2 heteroatoms. The largest absolute Gasteiger partial charge is 0.491 e. The van der Waals surface area contributed by atoms with Crippen LogP contribution in [0.1, 0.15) is 18.1 Å². The van der Waals surface area contributed by atoms with Gasteiger partial charge in [-0.15, -0.1) is 0 Å². The fraction of sp³-hybridized carbons (Fsp3) is 0.217. The molecular formula is C23H25NO. The molecular weight excluding hydrogens is 306 g/mol. The number of hydrogen-bond donors (Lipinski definition) is 0. The summed E-state index contributed by atoms with van der Waals surface area (Å²) in [5.41, 5.74) is 3.78. The highest BCUT2D eigenvalue weighted by Gasteiger charge is 2.07. The van der Waals surface area contributed by atoms with Crippen molar-refractivity contribution in [1.29, 1.82) is 0 Å². The van der Waals surface area contributed by atoms with E-state index in [1.165, 1.54) is 16.8 Å². The molecule has 0 bridgehead atoms. The predicted octanol–water partition coefficient (Wildman–Crippen LogP) is 5.18. The van der Waals surface area contributed by atoms with Gasteiger partial charge in [-0.1, -0.05) is 66.7 Å². The van der Waals surface area contributed by atoms with Gasteiger partial charge in [-0.05, 0) is 36.2 Å². The average Bonchev–Trinajstić information content (AvgIpc) is 2.68. The maximum Gasteiger partial charge on any atom is 0.122 e. The highest BCUT2D eigenvalue weighted by molar-refractivity contribution is 5.45. The second kappa shape index (κ2) is 8.93. The minimum atomic E-state index is 0.675. The first-order valence-electron chi connectivity index (χ1n) is 8.91. The van der Waals surface area contributed by atoms with Gasteiger partial charge in [-0.3, -0.25) is 0 Å². The van der Waals surface area contributed by atoms with Crippen LogP contribution in [0, 0.1) is 0 Å². The first kappa shape index (κ1) is 17.1. The van der Waals surface area contributed by atoms with Crippen LogP contribution in [0.2, 0.25) is 0 Å². The zero-order chi connectivity index (χ0) is 17.3. The van der Waals surface area contributed by atoms with Crippen LogP contribution in [0.25, 0.3) is 0 Å². The van der Waals surface area contributed by atoms with E-state index in [4.69, 9.17) is 4.74 Å². The second-order valence-electron chi connectivity index (χ2n) is 6.03. The molecule has 2 nitrogen and oxygen atoms in total. The van der Waals surface area contributed by atoms with Crippen molar-refractivity contribution in [2.24, 2.45) is 0 Å². The summed E-state index contributed by atoms with van der Waals surface area (Å²) in [6.07, 6.45) is 0.896. The van der Waals surface area contributed by atoms with Crippen LogP contribution < -0.4 is 9.64 Å². The van der Waals surface area contributed by atoms with E-state index in [1.807, 2.05) is 12.1 Å². The second-order valence-corrected chi connectivity index (χ2v) is 6.03. The van der Waals surface area contributed by atoms with Gasteiger partial charge in [0.05, 0.1) is 6.54 Å². The molecule has 0 aliphatic carbocycles. The molecule has 0 amide bonds. The number of ether oxygens (including phenoxy) is 1. The minimum absolute atomic E-state index is 0.675. The Morgan fingerprint density at radius 3 is 2.12 bits per heavy atom. The number of rotatable bonds is 8. The SMILES string of the molecule is CCN(CCOc1ccccc1Cc1ccccc1)c1ccccc1. The van der Waals surface area contributed by atoms with E-state index in [0.29, 0.717) is 6.61 Å². The van der Waals surface area contributed by atoms with Crippen molar-refractivity contribution in [3.63, 3.8) is 0 Å². The normalized spacial score (nSPS) is 10.4. The summed E-state index contributed by atoms with van der Waals surface area (Å²) in [5, 5.41) is 0. The highest BCUT2D eigenvalue weighted by Crippen LogP contribution is 2.21. The van der Waals surface area contributed by atoms with E-state index in [1.54, 1.807) is 0 Å². The molecule has 25 heavy (non-hydrogen) atoms. The number of para-hydroxylation sites is 2. The van der Waals surface area contributed by atoms with E-state index in [9.17, 15) is 0 Å². The molecule has 0 saturated carbocycles. The lowest BCUT2D eigenvalue weighted by atomic mass is 10.0. The van der Waals surface area contributed by atoms with Gasteiger partial charge in [0, 0.05) is 18.7 Å². The minimum Gasteiger partial charge on any atom is -0.491 e. The van der Waals surface area contributed by atoms with Crippen molar-refractivity contribution in [2.45, 2.75) is 13.3 Å². The molecule has 0 atom stereocenters. The molecule has 0 radical (unpaired) electrons. The van der Waals surface area contributed by atoms with E-state index >= 15 is 0 Å². The third-order valence-corrected chi connectivity index (χ3v) is 4.33. The predicted molar refractivity (Wildman–Crippen MR) is 106 cm³/mol. The summed E-state index contributed by atoms with van der Waals surface area (Å²) in [5.74, 6) is 0.982. The lowest BCUT2D eigenvalue weighted by molar-refractivity contribution is 0.321. The number of likely N-dealkylation sites (N-methyl/N-ethyl adjacent to an activating group) is 1. The van der Waals surface area contributed by atoms with Crippen LogP contribution in [0.3, 0.4) is 0 Å². The fourth-order valence-electron chi connectivity index (χ4n) is 2.98. The number of nitrogens with zero attached hydrogens (tertiary/aromatic N) is 1. The average molecular weight is 331 g/mol. The molecule has 3 aromatic carbocycles. The third kappa shape index (κ3) is 4.87. The first-order chi connectivity index (χ1) is 12.4. The molecule has 0 spiro atoms. The molecule has 3 aromatic rings. The molecule has 0 fully saturated rings. The monoisotopic (exact) mass is 331 g/mol. The lowest BCUT2D eigenvalue weighted by Crippen LogP contribution is -2.28. The Balaban J connectivity index is 1.61. The van der Waals surface area contributed by atoms with Crippen molar-refractivity contribution < 1.29 is 4.74 Å². The zero-order valence-electron chi connectivity index (χ0n) is 14.8. The van der Waals surface area contributed by atoms with Gasteiger partial charge in [-0.25, -0.2) is 0 Å². The Bertz CT molecular complexity index is 755. The van der Waals surface area contributed by atoms with Crippen molar-refractivity contribution in [1.82, 2.24) is 0 Å². The molecule has 0 heterocycles. The molecule has 0 aliphatic heterocycles. The van der Waals surface area contributed by atoms with Gasteiger partial charge >= 0.3 is 0 Å². The summed E-state index contributed by atoms with van der Waals surface area (Å²) in [6.45, 7) is 4.70. The first-order valence-corrected chi connectivity index (χ1v) is 8.91. The Kier molecular flexibility index (Phi) is 6.11. The van der Waals surface area contributed by atoms with Gasteiger partial charge in [0.2, 0.25) is 0 Å². The number of anilines is 1. The standard InChI is InChI=1S/C23H25NO/c1-2-24(22-14-7-4-8-15-22)17-18-25-23-16-10-9-13-21(23)19-20-11-5-3-6-12-20/h3-16H,2,17-19H2,1H3. The Morgan fingerprint density at radius 1 is 0.760 bits per heavy atom. The summed E-state index contributed by atoms with van der Waals surface area (Å²) in [6, 6.07) is 29.4. The molecule has 0 saturated heterocycles. The maximum atomic E-state index is 6.12. The quantitative estimate of drug-likeness (QED) is 0.564. The van der Waals surface area contributed by atoms with E-state index in [0.717, 1.165) is 25.3 Å². The van der Waals surface area contributed by atoms with E-state index < -0.39 is 0 Å². The van der Waals surface area contributed by atoms with Crippen LogP contribution >= 0.6 is 0 Å². The van der Waals surface area contributed by atoms with Crippen LogP contribution in [-0.4, -0.2) is 19.7 Å². The number of benzene rings is 3. The van der Waals surface area contributed by atoms with Gasteiger partial charge in [0.25, 0.3) is 0 Å². The van der Waals surface area contributed by atoms with Crippen LogP contribution in [0.5, 0.6) is 5.75 Å². The van der Waals surface area contributed by atoms with Crippen LogP contribution in [0.15, 0.2) is 84.9 Å². The molecule has 0 N–H and O–H groups in total. The molecule has 0 aliphatic rings. The van der Waals surface area contributed by atoms with Gasteiger partial charge in [0.15, 0.2) is 0 Å².